The van der Waals surface area contributed by atoms with Gasteiger partial charge in [0.15, 0.2) is 0 Å². The molecule has 0 aliphatic carbocycles. The van der Waals surface area contributed by atoms with Crippen LogP contribution >= 0.6 is 15.9 Å². The van der Waals surface area contributed by atoms with Crippen molar-refractivity contribution in [1.29, 1.82) is 0 Å². The van der Waals surface area contributed by atoms with Gasteiger partial charge >= 0.3 is 11.8 Å². The lowest BCUT2D eigenvalue weighted by molar-refractivity contribution is 0.194. The van der Waals surface area contributed by atoms with Gasteiger partial charge < -0.3 is 5.11 Å². The lowest BCUT2D eigenvalue weighted by Crippen LogP contribution is -2.40. The summed E-state index contributed by atoms with van der Waals surface area (Å²) in [6.07, 6.45) is -0.506. The molecule has 0 spiro atoms. The van der Waals surface area contributed by atoms with Crippen molar-refractivity contribution < 1.29 is 9.90 Å². The van der Waals surface area contributed by atoms with Crippen molar-refractivity contribution in [3.8, 4) is 0 Å². The molecule has 0 saturated carbocycles. The molecule has 0 aliphatic rings. The molecule has 0 bridgehead atoms. The van der Waals surface area contributed by atoms with Gasteiger partial charge in [-0.1, -0.05) is 0 Å². The van der Waals surface area contributed by atoms with Gasteiger partial charge in [0, 0.05) is 13.2 Å². The minimum absolute atomic E-state index is 0.0250. The number of rotatable bonds is 0. The van der Waals surface area contributed by atoms with E-state index in [1.807, 2.05) is 0 Å². The molecule has 6 nitrogen and oxygen atoms in total. The Morgan fingerprint density at radius 3 is 2.54 bits per heavy atom. The zero-order valence-corrected chi connectivity index (χ0v) is 8.11. The number of carboxylic acid groups (broad SMARTS) is 1. The first kappa shape index (κ1) is 9.72. The van der Waals surface area contributed by atoms with E-state index in [4.69, 9.17) is 5.11 Å². The SMILES string of the molecule is Cn1c(=O)c(Br)cn(C(=O)O)c1=O. The molecule has 0 unspecified atom stereocenters. The second-order valence-electron chi connectivity index (χ2n) is 2.28. The van der Waals surface area contributed by atoms with E-state index >= 15 is 0 Å². The molecule has 0 fully saturated rings. The van der Waals surface area contributed by atoms with Gasteiger partial charge in [-0.05, 0) is 15.9 Å². The molecule has 0 aliphatic heterocycles. The third-order valence-corrected chi connectivity index (χ3v) is 1.99. The topological polar surface area (TPSA) is 81.3 Å². The highest BCUT2D eigenvalue weighted by atomic mass is 79.9. The van der Waals surface area contributed by atoms with Crippen LogP contribution in [0.5, 0.6) is 0 Å². The Balaban J connectivity index is 3.70. The maximum Gasteiger partial charge on any atom is 0.419 e. The van der Waals surface area contributed by atoms with Crippen LogP contribution in [0, 0.1) is 0 Å². The normalized spacial score (nSPS) is 10.0. The average molecular weight is 249 g/mol. The second kappa shape index (κ2) is 3.17. The van der Waals surface area contributed by atoms with E-state index in [0.29, 0.717) is 9.13 Å². The van der Waals surface area contributed by atoms with Gasteiger partial charge in [0.1, 0.15) is 0 Å². The van der Waals surface area contributed by atoms with Crippen LogP contribution in [0.15, 0.2) is 20.3 Å². The van der Waals surface area contributed by atoms with Crippen molar-refractivity contribution >= 4 is 22.0 Å². The molecular weight excluding hydrogens is 244 g/mol. The maximum atomic E-state index is 11.1. The fourth-order valence-corrected chi connectivity index (χ4v) is 1.24. The number of hydrogen-bond acceptors (Lipinski definition) is 3. The third kappa shape index (κ3) is 1.55. The molecule has 1 rings (SSSR count). The quantitative estimate of drug-likeness (QED) is 0.692. The number of hydrogen-bond donors (Lipinski definition) is 1. The fraction of sp³-hybridized carbons (Fsp3) is 0.167. The van der Waals surface area contributed by atoms with E-state index in [9.17, 15) is 14.4 Å². The molecule has 1 aromatic rings. The molecule has 1 N–H and O–H groups in total. The monoisotopic (exact) mass is 248 g/mol. The van der Waals surface area contributed by atoms with E-state index in [1.165, 1.54) is 7.05 Å². The molecule has 13 heavy (non-hydrogen) atoms. The number of aromatic nitrogens is 2. The van der Waals surface area contributed by atoms with E-state index in [0.717, 1.165) is 6.20 Å². The zero-order chi connectivity index (χ0) is 10.2. The summed E-state index contributed by atoms with van der Waals surface area (Å²) in [4.78, 5) is 32.6. The van der Waals surface area contributed by atoms with Crippen molar-refractivity contribution in [2.45, 2.75) is 0 Å². The van der Waals surface area contributed by atoms with E-state index in [1.54, 1.807) is 0 Å². The molecule has 1 aromatic heterocycles. The molecule has 70 valence electrons. The average Bonchev–Trinajstić information content (AvgIpc) is 2.07. The predicted octanol–water partition coefficient (Wildman–Crippen LogP) is -0.164. The van der Waals surface area contributed by atoms with Crippen LogP contribution in [-0.4, -0.2) is 20.3 Å². The molecule has 0 amide bonds. The highest BCUT2D eigenvalue weighted by Gasteiger charge is 2.10. The van der Waals surface area contributed by atoms with Crippen molar-refractivity contribution in [1.82, 2.24) is 9.13 Å². The molecule has 7 heteroatoms. The first-order valence-electron chi connectivity index (χ1n) is 3.16. The largest absolute Gasteiger partial charge is 0.464 e. The predicted molar refractivity (Wildman–Crippen MR) is 47.1 cm³/mol. The number of nitrogens with zero attached hydrogens (tertiary/aromatic N) is 2. The van der Waals surface area contributed by atoms with Gasteiger partial charge in [0.2, 0.25) is 0 Å². The van der Waals surface area contributed by atoms with Crippen molar-refractivity contribution in [3.63, 3.8) is 0 Å². The Morgan fingerprint density at radius 2 is 2.08 bits per heavy atom. The standard InChI is InChI=1S/C6H5BrN2O4/c1-8-4(10)3(7)2-9(5(8)11)6(12)13/h2H,1H3,(H,12,13). The number of carbonyl (C=O) groups is 1. The Hall–Kier alpha value is -1.37. The molecular formula is C6H5BrN2O4. The summed E-state index contributed by atoms with van der Waals surface area (Å²) in [5.74, 6) is 0. The summed E-state index contributed by atoms with van der Waals surface area (Å²) in [5, 5.41) is 8.53. The number of halogens is 1. The van der Waals surface area contributed by atoms with Crippen LogP contribution in [0.4, 0.5) is 4.79 Å². The first-order chi connectivity index (χ1) is 5.95. The van der Waals surface area contributed by atoms with Gasteiger partial charge in [-0.15, -0.1) is 0 Å². The lowest BCUT2D eigenvalue weighted by atomic mass is 10.6. The van der Waals surface area contributed by atoms with Gasteiger partial charge in [0.05, 0.1) is 4.47 Å². The van der Waals surface area contributed by atoms with E-state index < -0.39 is 17.3 Å². The minimum atomic E-state index is -1.43. The van der Waals surface area contributed by atoms with Crippen LogP contribution in [0.2, 0.25) is 0 Å². The maximum absolute atomic E-state index is 11.1. The molecule has 0 radical (unpaired) electrons. The highest BCUT2D eigenvalue weighted by Crippen LogP contribution is 1.98. The van der Waals surface area contributed by atoms with Crippen molar-refractivity contribution in [2.24, 2.45) is 7.05 Å². The van der Waals surface area contributed by atoms with Crippen LogP contribution < -0.4 is 11.2 Å². The van der Waals surface area contributed by atoms with Crippen molar-refractivity contribution in [3.05, 3.63) is 31.5 Å². The molecule has 0 saturated heterocycles. The van der Waals surface area contributed by atoms with E-state index in [-0.39, 0.29) is 4.47 Å². The Labute approximate surface area is 80.2 Å². The summed E-state index contributed by atoms with van der Waals surface area (Å²) < 4.78 is 1.15. The van der Waals surface area contributed by atoms with Gasteiger partial charge in [-0.3, -0.25) is 9.36 Å². The third-order valence-electron chi connectivity index (χ3n) is 1.45. The summed E-state index contributed by atoms with van der Waals surface area (Å²) in [7, 11) is 1.20. The summed E-state index contributed by atoms with van der Waals surface area (Å²) >= 11 is 2.84. The fourth-order valence-electron chi connectivity index (χ4n) is 0.770. The van der Waals surface area contributed by atoms with E-state index in [2.05, 4.69) is 15.9 Å². The minimum Gasteiger partial charge on any atom is -0.464 e. The molecule has 0 aromatic carbocycles. The first-order valence-corrected chi connectivity index (χ1v) is 3.96. The molecule has 0 atom stereocenters. The van der Waals surface area contributed by atoms with Crippen LogP contribution in [0.1, 0.15) is 0 Å². The Morgan fingerprint density at radius 1 is 1.54 bits per heavy atom. The van der Waals surface area contributed by atoms with Crippen molar-refractivity contribution in [2.75, 3.05) is 0 Å². The smallest absolute Gasteiger partial charge is 0.419 e. The zero-order valence-electron chi connectivity index (χ0n) is 6.52. The lowest BCUT2D eigenvalue weighted by Gasteiger charge is -2.01. The Kier molecular flexibility index (Phi) is 2.37. The van der Waals surface area contributed by atoms with Crippen LogP contribution in [0.3, 0.4) is 0 Å². The van der Waals surface area contributed by atoms with Gasteiger partial charge in [0.25, 0.3) is 5.56 Å². The summed E-state index contributed by atoms with van der Waals surface area (Å²) in [5.41, 5.74) is -1.46. The van der Waals surface area contributed by atoms with Gasteiger partial charge in [-0.25, -0.2) is 14.2 Å². The highest BCUT2D eigenvalue weighted by molar-refractivity contribution is 9.10. The second-order valence-corrected chi connectivity index (χ2v) is 3.13. The van der Waals surface area contributed by atoms with Crippen LogP contribution in [-0.2, 0) is 7.05 Å². The summed E-state index contributed by atoms with van der Waals surface area (Å²) in [6.45, 7) is 0. The van der Waals surface area contributed by atoms with Crippen LogP contribution in [0.25, 0.3) is 0 Å². The van der Waals surface area contributed by atoms with Gasteiger partial charge in [-0.2, -0.15) is 0 Å². The Bertz CT molecular complexity index is 473. The summed E-state index contributed by atoms with van der Waals surface area (Å²) in [6, 6.07) is 0. The molecule has 1 heterocycles.